The molecule has 0 aromatic rings. The number of hydrogen-bond donors (Lipinski definition) is 1. The molecule has 0 aromatic carbocycles. The van der Waals surface area contributed by atoms with E-state index in [0.717, 1.165) is 45.6 Å². The summed E-state index contributed by atoms with van der Waals surface area (Å²) in [5.41, 5.74) is 1.04. The Hall–Kier alpha value is 0.527. The molecule has 1 N–H and O–H groups in total. The van der Waals surface area contributed by atoms with E-state index in [2.05, 4.69) is 43.8 Å². The van der Waals surface area contributed by atoms with Crippen molar-refractivity contribution in [2.24, 2.45) is 29.6 Å². The lowest BCUT2D eigenvalue weighted by Crippen LogP contribution is -2.51. The van der Waals surface area contributed by atoms with Crippen molar-refractivity contribution in [2.75, 3.05) is 7.05 Å². The highest BCUT2D eigenvalue weighted by molar-refractivity contribution is 8.01. The van der Waals surface area contributed by atoms with Gasteiger partial charge in [-0.05, 0) is 67.9 Å². The summed E-state index contributed by atoms with van der Waals surface area (Å²) < 4.78 is 0. The molecule has 8 atom stereocenters. The molecule has 0 radical (unpaired) electrons. The summed E-state index contributed by atoms with van der Waals surface area (Å²) in [6.07, 6.45) is 10.7. The van der Waals surface area contributed by atoms with E-state index in [9.17, 15) is 0 Å². The van der Waals surface area contributed by atoms with Crippen LogP contribution in [-0.2, 0) is 0 Å². The molecule has 22 heavy (non-hydrogen) atoms. The van der Waals surface area contributed by atoms with Gasteiger partial charge < -0.3 is 4.98 Å². The van der Waals surface area contributed by atoms with Crippen molar-refractivity contribution < 1.29 is 0 Å². The van der Waals surface area contributed by atoms with Gasteiger partial charge in [-0.2, -0.15) is 11.8 Å². The van der Waals surface area contributed by atoms with Gasteiger partial charge in [0.15, 0.2) is 0 Å². The predicted octanol–water partition coefficient (Wildman–Crippen LogP) is 5.14. The predicted molar refractivity (Wildman–Crippen MR) is 101 cm³/mol. The van der Waals surface area contributed by atoms with Crippen molar-refractivity contribution in [1.29, 1.82) is 0 Å². The van der Waals surface area contributed by atoms with E-state index in [1.165, 1.54) is 25.7 Å². The van der Waals surface area contributed by atoms with E-state index in [0.29, 0.717) is 0 Å². The highest BCUT2D eigenvalue weighted by Crippen LogP contribution is 2.68. The first-order valence-electron chi connectivity index (χ1n) is 9.87. The first kappa shape index (κ1) is 16.0. The fourth-order valence-corrected chi connectivity index (χ4v) is 13.1. The van der Waals surface area contributed by atoms with Gasteiger partial charge in [0.25, 0.3) is 0 Å². The summed E-state index contributed by atoms with van der Waals surface area (Å²) in [4.78, 5) is 3.84. The lowest BCUT2D eigenvalue weighted by molar-refractivity contribution is 0.147. The molecule has 3 heteroatoms. The van der Waals surface area contributed by atoms with Gasteiger partial charge in [0.1, 0.15) is 8.24 Å². The van der Waals surface area contributed by atoms with Crippen LogP contribution in [0.5, 0.6) is 0 Å². The number of fused-ring (bicyclic) bond motifs is 5. The normalized spacial score (nSPS) is 51.3. The lowest BCUT2D eigenvalue weighted by atomic mass is 9.68. The maximum atomic E-state index is 3.84. The monoisotopic (exact) mass is 337 g/mol. The summed E-state index contributed by atoms with van der Waals surface area (Å²) >= 11 is 2.48. The molecule has 1 aliphatic heterocycles. The zero-order valence-corrected chi connectivity index (χ0v) is 16.8. The summed E-state index contributed by atoms with van der Waals surface area (Å²) in [7, 11) is 0.966. The van der Waals surface area contributed by atoms with Crippen molar-refractivity contribution in [2.45, 2.75) is 81.0 Å². The van der Waals surface area contributed by atoms with Crippen LogP contribution in [0.25, 0.3) is 0 Å². The van der Waals surface area contributed by atoms with Crippen LogP contribution in [0.3, 0.4) is 0 Å². The fraction of sp³-hybridized carbons (Fsp3) is 1.00. The van der Waals surface area contributed by atoms with Gasteiger partial charge in [0.05, 0.1) is 0 Å². The van der Waals surface area contributed by atoms with Crippen molar-refractivity contribution in [3.63, 3.8) is 0 Å². The van der Waals surface area contributed by atoms with E-state index < -0.39 is 8.24 Å². The minimum Gasteiger partial charge on any atom is -0.340 e. The Labute approximate surface area is 142 Å². The number of hydrogen-bond acceptors (Lipinski definition) is 2. The fourth-order valence-electron chi connectivity index (χ4n) is 6.86. The maximum absolute atomic E-state index is 3.84. The SMILES string of the molecule is CN[Si](C)(C)C1C2CCCCC2C2C3CC(C)CCC3SC21. The second-order valence-electron chi connectivity index (χ2n) is 9.41. The third kappa shape index (κ3) is 2.37. The van der Waals surface area contributed by atoms with Gasteiger partial charge in [-0.1, -0.05) is 39.3 Å². The zero-order chi connectivity index (χ0) is 15.5. The zero-order valence-electron chi connectivity index (χ0n) is 15.0. The molecule has 4 rings (SSSR count). The second kappa shape index (κ2) is 5.81. The number of nitrogens with one attached hydrogen (secondary N) is 1. The third-order valence-electron chi connectivity index (χ3n) is 7.96. The van der Waals surface area contributed by atoms with E-state index in [1.807, 2.05) is 0 Å². The molecule has 0 bridgehead atoms. The summed E-state index contributed by atoms with van der Waals surface area (Å²) in [5.74, 6) is 5.33. The van der Waals surface area contributed by atoms with Crippen LogP contribution in [0, 0.1) is 29.6 Å². The molecule has 1 nitrogen and oxygen atoms in total. The second-order valence-corrected chi connectivity index (χ2v) is 15.4. The Balaban J connectivity index is 1.67. The largest absolute Gasteiger partial charge is 0.340 e. The van der Waals surface area contributed by atoms with E-state index in [4.69, 9.17) is 0 Å². The Morgan fingerprint density at radius 2 is 1.68 bits per heavy atom. The van der Waals surface area contributed by atoms with Gasteiger partial charge in [-0.3, -0.25) is 0 Å². The number of thioether (sulfide) groups is 1. The molecule has 0 aromatic heterocycles. The Bertz CT molecular complexity index is 426. The third-order valence-corrected chi connectivity index (χ3v) is 13.8. The first-order valence-corrected chi connectivity index (χ1v) is 13.9. The van der Waals surface area contributed by atoms with E-state index in [-0.39, 0.29) is 0 Å². The van der Waals surface area contributed by atoms with Crippen LogP contribution >= 0.6 is 11.8 Å². The molecule has 1 saturated heterocycles. The van der Waals surface area contributed by atoms with Gasteiger partial charge >= 0.3 is 0 Å². The van der Waals surface area contributed by atoms with Crippen LogP contribution in [-0.4, -0.2) is 25.8 Å². The average molecular weight is 338 g/mol. The lowest BCUT2D eigenvalue weighted by Gasteiger charge is -2.41. The molecule has 4 aliphatic rings. The molecular weight excluding hydrogens is 302 g/mol. The van der Waals surface area contributed by atoms with Crippen LogP contribution in [0.1, 0.15) is 51.9 Å². The van der Waals surface area contributed by atoms with E-state index >= 15 is 0 Å². The van der Waals surface area contributed by atoms with Crippen molar-refractivity contribution >= 4 is 20.0 Å². The van der Waals surface area contributed by atoms with Crippen LogP contribution in [0.2, 0.25) is 18.6 Å². The Kier molecular flexibility index (Phi) is 4.23. The standard InChI is InChI=1S/C19H35NSSi/c1-12-9-10-16-15(11-12)17-13-7-5-6-8-14(13)19(18(17)21-16)22(3,4)20-2/h12-20H,5-11H2,1-4H3. The van der Waals surface area contributed by atoms with E-state index in [1.54, 1.807) is 19.3 Å². The van der Waals surface area contributed by atoms with Gasteiger partial charge in [-0.25, -0.2) is 0 Å². The highest BCUT2D eigenvalue weighted by atomic mass is 32.2. The van der Waals surface area contributed by atoms with Crippen molar-refractivity contribution in [3.8, 4) is 0 Å². The molecule has 0 spiro atoms. The first-order chi connectivity index (χ1) is 10.5. The Morgan fingerprint density at radius 3 is 2.41 bits per heavy atom. The average Bonchev–Trinajstić information content (AvgIpc) is 3.01. The maximum Gasteiger partial charge on any atom is 0.123 e. The van der Waals surface area contributed by atoms with Gasteiger partial charge in [-0.15, -0.1) is 0 Å². The molecule has 126 valence electrons. The summed E-state index contributed by atoms with van der Waals surface area (Å²) in [5, 5.41) is 2.04. The molecule has 3 aliphatic carbocycles. The smallest absolute Gasteiger partial charge is 0.123 e. The molecule has 0 amide bonds. The molecular formula is C19H35NSSi. The minimum atomic E-state index is -1.29. The summed E-state index contributed by atoms with van der Waals surface area (Å²) in [6, 6.07) is 0. The molecule has 8 unspecified atom stereocenters. The van der Waals surface area contributed by atoms with Crippen molar-refractivity contribution in [1.82, 2.24) is 4.98 Å². The highest BCUT2D eigenvalue weighted by Gasteiger charge is 2.62. The molecule has 3 saturated carbocycles. The molecule has 1 heterocycles. The quantitative estimate of drug-likeness (QED) is 0.700. The Morgan fingerprint density at radius 1 is 0.955 bits per heavy atom. The minimum absolute atomic E-state index is 0.997. The van der Waals surface area contributed by atoms with Crippen LogP contribution in [0.4, 0.5) is 0 Å². The van der Waals surface area contributed by atoms with Crippen molar-refractivity contribution in [3.05, 3.63) is 0 Å². The van der Waals surface area contributed by atoms with Gasteiger partial charge in [0.2, 0.25) is 0 Å². The summed E-state index contributed by atoms with van der Waals surface area (Å²) in [6.45, 7) is 7.76. The topological polar surface area (TPSA) is 12.0 Å². The molecule has 4 fully saturated rings. The van der Waals surface area contributed by atoms with Crippen LogP contribution in [0.15, 0.2) is 0 Å². The van der Waals surface area contributed by atoms with Crippen LogP contribution < -0.4 is 4.98 Å². The number of rotatable bonds is 2. The van der Waals surface area contributed by atoms with Gasteiger partial charge in [0, 0.05) is 10.5 Å².